The number of hydrogen-bond acceptors (Lipinski definition) is 4. The molecule has 2 aromatic rings. The molecule has 2 rings (SSSR count). The summed E-state index contributed by atoms with van der Waals surface area (Å²) in [6.07, 6.45) is 3.05. The minimum atomic E-state index is -0.460. The lowest BCUT2D eigenvalue weighted by atomic mass is 10.1. The Labute approximate surface area is 105 Å². The number of H-pyrrole nitrogens is 1. The van der Waals surface area contributed by atoms with E-state index in [-0.39, 0.29) is 5.69 Å². The average Bonchev–Trinajstić information content (AvgIpc) is 2.82. The average molecular weight is 245 g/mol. The highest BCUT2D eigenvalue weighted by Crippen LogP contribution is 2.08. The number of rotatable bonds is 5. The van der Waals surface area contributed by atoms with Crippen molar-refractivity contribution in [2.45, 2.75) is 12.8 Å². The van der Waals surface area contributed by atoms with E-state index in [1.54, 1.807) is 0 Å². The van der Waals surface area contributed by atoms with Gasteiger partial charge in [0.2, 0.25) is 0 Å². The number of nitrogens with two attached hydrogens (primary N) is 1. The van der Waals surface area contributed by atoms with E-state index in [0.29, 0.717) is 12.3 Å². The predicted molar refractivity (Wildman–Crippen MR) is 68.0 cm³/mol. The molecular formula is C13H15N3O2. The van der Waals surface area contributed by atoms with Gasteiger partial charge in [-0.15, -0.1) is 0 Å². The van der Waals surface area contributed by atoms with Crippen molar-refractivity contribution in [2.75, 3.05) is 12.3 Å². The molecule has 0 aliphatic carbocycles. The molecule has 0 unspecified atom stereocenters. The summed E-state index contributed by atoms with van der Waals surface area (Å²) in [4.78, 5) is 11.6. The molecule has 5 nitrogen and oxygen atoms in total. The third-order valence-electron chi connectivity index (χ3n) is 2.56. The van der Waals surface area contributed by atoms with Crippen LogP contribution in [0.4, 0.5) is 5.69 Å². The van der Waals surface area contributed by atoms with Crippen LogP contribution in [-0.2, 0) is 11.2 Å². The summed E-state index contributed by atoms with van der Waals surface area (Å²) in [5.41, 5.74) is 7.30. The third kappa shape index (κ3) is 3.10. The van der Waals surface area contributed by atoms with Crippen molar-refractivity contribution >= 4 is 11.7 Å². The first kappa shape index (κ1) is 12.2. The van der Waals surface area contributed by atoms with Crippen molar-refractivity contribution in [3.05, 3.63) is 47.8 Å². The fourth-order valence-corrected chi connectivity index (χ4v) is 1.62. The van der Waals surface area contributed by atoms with Gasteiger partial charge >= 0.3 is 5.97 Å². The number of aromatic amines is 1. The molecule has 1 aromatic carbocycles. The van der Waals surface area contributed by atoms with E-state index in [4.69, 9.17) is 10.5 Å². The van der Waals surface area contributed by atoms with Crippen LogP contribution in [0.5, 0.6) is 0 Å². The Morgan fingerprint density at radius 3 is 2.78 bits per heavy atom. The van der Waals surface area contributed by atoms with Crippen LogP contribution < -0.4 is 5.73 Å². The van der Waals surface area contributed by atoms with Gasteiger partial charge in [-0.3, -0.25) is 5.10 Å². The minimum Gasteiger partial charge on any atom is -0.461 e. The Morgan fingerprint density at radius 1 is 1.33 bits per heavy atom. The van der Waals surface area contributed by atoms with E-state index in [0.717, 1.165) is 12.8 Å². The summed E-state index contributed by atoms with van der Waals surface area (Å²) in [6, 6.07) is 10.1. The smallest absolute Gasteiger partial charge is 0.358 e. The first-order chi connectivity index (χ1) is 8.77. The van der Waals surface area contributed by atoms with E-state index in [2.05, 4.69) is 22.3 Å². The Kier molecular flexibility index (Phi) is 3.96. The number of esters is 1. The number of nitrogens with one attached hydrogen (secondary N) is 1. The molecule has 3 N–H and O–H groups in total. The zero-order chi connectivity index (χ0) is 12.8. The van der Waals surface area contributed by atoms with Crippen LogP contribution in [0, 0.1) is 0 Å². The number of anilines is 1. The summed E-state index contributed by atoms with van der Waals surface area (Å²) in [5, 5.41) is 6.18. The highest BCUT2D eigenvalue weighted by molar-refractivity contribution is 5.92. The molecule has 0 spiro atoms. The topological polar surface area (TPSA) is 81.0 Å². The van der Waals surface area contributed by atoms with Crippen molar-refractivity contribution in [3.63, 3.8) is 0 Å². The number of nitrogen functional groups attached to an aromatic ring is 1. The Balaban J connectivity index is 1.73. The van der Waals surface area contributed by atoms with Crippen molar-refractivity contribution in [1.29, 1.82) is 0 Å². The van der Waals surface area contributed by atoms with Gasteiger partial charge in [0.1, 0.15) is 0 Å². The number of aryl methyl sites for hydroxylation is 1. The molecule has 0 aliphatic rings. The van der Waals surface area contributed by atoms with Gasteiger partial charge < -0.3 is 10.5 Å². The van der Waals surface area contributed by atoms with Gasteiger partial charge in [0.15, 0.2) is 5.69 Å². The second-order valence-electron chi connectivity index (χ2n) is 3.93. The number of aromatic nitrogens is 2. The lowest BCUT2D eigenvalue weighted by molar-refractivity contribution is 0.0495. The molecule has 0 aliphatic heterocycles. The molecule has 0 saturated heterocycles. The highest BCUT2D eigenvalue weighted by atomic mass is 16.5. The van der Waals surface area contributed by atoms with Crippen LogP contribution in [0.15, 0.2) is 36.5 Å². The van der Waals surface area contributed by atoms with Gasteiger partial charge in [0.25, 0.3) is 0 Å². The molecule has 0 bridgehead atoms. The maximum atomic E-state index is 11.6. The molecular weight excluding hydrogens is 230 g/mol. The number of nitrogens with zero attached hydrogens (tertiary/aromatic N) is 1. The van der Waals surface area contributed by atoms with Gasteiger partial charge in [0, 0.05) is 0 Å². The molecule has 18 heavy (non-hydrogen) atoms. The van der Waals surface area contributed by atoms with Gasteiger partial charge in [-0.05, 0) is 18.4 Å². The SMILES string of the molecule is Nc1cn[nH]c1C(=O)OCCCc1ccccc1. The second-order valence-corrected chi connectivity index (χ2v) is 3.93. The molecule has 1 heterocycles. The van der Waals surface area contributed by atoms with Crippen LogP contribution in [0.3, 0.4) is 0 Å². The van der Waals surface area contributed by atoms with Crippen molar-refractivity contribution in [2.24, 2.45) is 0 Å². The lowest BCUT2D eigenvalue weighted by Crippen LogP contribution is -2.09. The van der Waals surface area contributed by atoms with E-state index >= 15 is 0 Å². The molecule has 1 aromatic heterocycles. The van der Waals surface area contributed by atoms with Gasteiger partial charge in [-0.2, -0.15) is 5.10 Å². The summed E-state index contributed by atoms with van der Waals surface area (Å²) < 4.78 is 5.10. The number of benzene rings is 1. The molecule has 0 atom stereocenters. The van der Waals surface area contributed by atoms with E-state index < -0.39 is 5.97 Å². The second kappa shape index (κ2) is 5.86. The fraction of sp³-hybridized carbons (Fsp3) is 0.231. The number of hydrogen-bond donors (Lipinski definition) is 2. The number of carbonyl (C=O) groups is 1. The van der Waals surface area contributed by atoms with E-state index in [9.17, 15) is 4.79 Å². The first-order valence-corrected chi connectivity index (χ1v) is 5.77. The maximum absolute atomic E-state index is 11.6. The van der Waals surface area contributed by atoms with Crippen LogP contribution in [0.25, 0.3) is 0 Å². The number of carbonyl (C=O) groups excluding carboxylic acids is 1. The lowest BCUT2D eigenvalue weighted by Gasteiger charge is -2.04. The highest BCUT2D eigenvalue weighted by Gasteiger charge is 2.12. The summed E-state index contributed by atoms with van der Waals surface area (Å²) in [5.74, 6) is -0.460. The quantitative estimate of drug-likeness (QED) is 0.621. The first-order valence-electron chi connectivity index (χ1n) is 5.77. The van der Waals surface area contributed by atoms with Crippen molar-refractivity contribution in [1.82, 2.24) is 10.2 Å². The van der Waals surface area contributed by atoms with Gasteiger partial charge in [-0.25, -0.2) is 4.79 Å². The summed E-state index contributed by atoms with van der Waals surface area (Å²) in [6.45, 7) is 0.367. The predicted octanol–water partition coefficient (Wildman–Crippen LogP) is 1.78. The standard InChI is InChI=1S/C13H15N3O2/c14-11-9-15-16-12(11)13(17)18-8-4-7-10-5-2-1-3-6-10/h1-3,5-6,9H,4,7-8,14H2,(H,15,16). The molecule has 0 saturated carbocycles. The largest absolute Gasteiger partial charge is 0.461 e. The summed E-state index contributed by atoms with van der Waals surface area (Å²) in [7, 11) is 0. The zero-order valence-electron chi connectivity index (χ0n) is 9.93. The molecule has 94 valence electrons. The van der Waals surface area contributed by atoms with Crippen molar-refractivity contribution in [3.8, 4) is 0 Å². The third-order valence-corrected chi connectivity index (χ3v) is 2.56. The van der Waals surface area contributed by atoms with Crippen molar-refractivity contribution < 1.29 is 9.53 Å². The van der Waals surface area contributed by atoms with Gasteiger partial charge in [0.05, 0.1) is 18.5 Å². The Bertz CT molecular complexity index is 508. The maximum Gasteiger partial charge on any atom is 0.358 e. The summed E-state index contributed by atoms with van der Waals surface area (Å²) >= 11 is 0. The van der Waals surface area contributed by atoms with Crippen LogP contribution in [0.2, 0.25) is 0 Å². The minimum absolute atomic E-state index is 0.217. The number of ether oxygens (including phenoxy) is 1. The van der Waals surface area contributed by atoms with Crippen LogP contribution >= 0.6 is 0 Å². The van der Waals surface area contributed by atoms with Crippen LogP contribution in [0.1, 0.15) is 22.5 Å². The van der Waals surface area contributed by atoms with E-state index in [1.165, 1.54) is 11.8 Å². The normalized spacial score (nSPS) is 10.2. The Hall–Kier alpha value is -2.30. The van der Waals surface area contributed by atoms with E-state index in [1.807, 2.05) is 18.2 Å². The monoisotopic (exact) mass is 245 g/mol. The molecule has 5 heteroatoms. The zero-order valence-corrected chi connectivity index (χ0v) is 9.93. The van der Waals surface area contributed by atoms with Crippen LogP contribution in [-0.4, -0.2) is 22.8 Å². The molecule has 0 fully saturated rings. The molecule has 0 radical (unpaired) electrons. The van der Waals surface area contributed by atoms with Gasteiger partial charge in [-0.1, -0.05) is 30.3 Å². The Morgan fingerprint density at radius 2 is 2.11 bits per heavy atom. The fourth-order valence-electron chi connectivity index (χ4n) is 1.62. The molecule has 0 amide bonds.